The van der Waals surface area contributed by atoms with E-state index in [-0.39, 0.29) is 5.48 Å². The van der Waals surface area contributed by atoms with E-state index in [1.807, 2.05) is 0 Å². The maximum atomic E-state index is 8.52. The van der Waals surface area contributed by atoms with Crippen LogP contribution in [0.1, 0.15) is 0 Å². The van der Waals surface area contributed by atoms with Gasteiger partial charge in [-0.15, -0.1) is 0 Å². The molecule has 0 amide bonds. The van der Waals surface area contributed by atoms with Gasteiger partial charge in [-0.3, -0.25) is 40.5 Å². The number of hydrogen-bond donors (Lipinski definition) is 4. The number of nitrogens with two attached hydrogens (primary N) is 4. The van der Waals surface area contributed by atoms with E-state index in [4.69, 9.17) is 40.5 Å². The van der Waals surface area contributed by atoms with Crippen molar-refractivity contribution in [2.75, 3.05) is 28.2 Å². The van der Waals surface area contributed by atoms with Crippen LogP contribution in [-0.4, -0.2) is 72.3 Å². The fourth-order valence-electron chi connectivity index (χ4n) is 0. The molecular formula is C6H22N6O5S. The monoisotopic (exact) mass is 290 g/mol. The number of nitrogens with zero attached hydrogens (tertiary/aromatic N) is 2. The van der Waals surface area contributed by atoms with Crippen LogP contribution in [0.25, 0.3) is 0 Å². The first-order chi connectivity index (χ1) is 7.29. The number of hydrogen-bond acceptors (Lipinski definition) is 4. The van der Waals surface area contributed by atoms with Crippen LogP contribution >= 0.6 is 0 Å². The summed E-state index contributed by atoms with van der Waals surface area (Å²) in [6.07, 6.45) is 0. The second-order valence-electron chi connectivity index (χ2n) is 3.05. The van der Waals surface area contributed by atoms with Gasteiger partial charge in [0.05, 0.1) is 28.2 Å². The molecule has 0 radical (unpaired) electrons. The zero-order chi connectivity index (χ0) is 14.8. The molecule has 0 saturated carbocycles. The molecule has 0 unspecified atom stereocenters. The lowest BCUT2D eigenvalue weighted by Gasteiger charge is -2.06. The Kier molecular flexibility index (Phi) is 16.6. The average molecular weight is 290 g/mol. The van der Waals surface area contributed by atoms with Gasteiger partial charge in [0.2, 0.25) is 0 Å². The van der Waals surface area contributed by atoms with E-state index in [0.29, 0.717) is 11.9 Å². The zero-order valence-corrected chi connectivity index (χ0v) is 11.6. The van der Waals surface area contributed by atoms with Crippen molar-refractivity contribution in [3.8, 4) is 0 Å². The van der Waals surface area contributed by atoms with Crippen molar-refractivity contribution < 1.29 is 32.2 Å². The molecule has 0 aromatic heterocycles. The molecule has 0 aromatic rings. The third-order valence-corrected chi connectivity index (χ3v) is 1.03. The van der Waals surface area contributed by atoms with Crippen LogP contribution in [0.3, 0.4) is 0 Å². The minimum absolute atomic E-state index is 0. The van der Waals surface area contributed by atoms with E-state index in [9.17, 15) is 0 Å². The van der Waals surface area contributed by atoms with Crippen molar-refractivity contribution in [1.82, 2.24) is 0 Å². The lowest BCUT2D eigenvalue weighted by Crippen LogP contribution is -2.31. The molecular weight excluding hydrogens is 268 g/mol. The smallest absolute Gasteiger partial charge is 0.340 e. The highest BCUT2D eigenvalue weighted by Crippen LogP contribution is 1.57. The Morgan fingerprint density at radius 2 is 0.889 bits per heavy atom. The normalized spacial score (nSPS) is 8.33. The van der Waals surface area contributed by atoms with Crippen molar-refractivity contribution in [3.05, 3.63) is 0 Å². The molecule has 0 fully saturated rings. The largest absolute Gasteiger partial charge is 0.759 e. The van der Waals surface area contributed by atoms with Crippen molar-refractivity contribution in [1.29, 1.82) is 0 Å². The molecule has 10 N–H and O–H groups in total. The molecule has 0 rings (SSSR count). The van der Waals surface area contributed by atoms with Crippen LogP contribution < -0.4 is 22.9 Å². The molecule has 0 atom stereocenters. The second-order valence-corrected chi connectivity index (χ2v) is 3.86. The van der Waals surface area contributed by atoms with Gasteiger partial charge >= 0.3 is 11.9 Å². The van der Waals surface area contributed by atoms with Gasteiger partial charge in [-0.25, -0.2) is 0 Å². The molecule has 112 valence electrons. The maximum absolute atomic E-state index is 8.52. The summed E-state index contributed by atoms with van der Waals surface area (Å²) in [7, 11) is 1.98. The summed E-state index contributed by atoms with van der Waals surface area (Å²) < 4.78 is 37.4. The summed E-state index contributed by atoms with van der Waals surface area (Å²) in [5, 5.41) is 0. The maximum Gasteiger partial charge on any atom is 0.340 e. The Morgan fingerprint density at radius 1 is 0.833 bits per heavy atom. The van der Waals surface area contributed by atoms with Crippen LogP contribution in [0.15, 0.2) is 0 Å². The second kappa shape index (κ2) is 11.8. The van der Waals surface area contributed by atoms with Gasteiger partial charge in [-0.1, -0.05) is 0 Å². The first-order valence-corrected chi connectivity index (χ1v) is 5.39. The van der Waals surface area contributed by atoms with E-state index in [1.54, 1.807) is 37.3 Å². The summed E-state index contributed by atoms with van der Waals surface area (Å²) in [6.45, 7) is 0. The lowest BCUT2D eigenvalue weighted by molar-refractivity contribution is -0.466. The summed E-state index contributed by atoms with van der Waals surface area (Å²) in [6, 6.07) is 0. The molecule has 0 aromatic carbocycles. The summed E-state index contributed by atoms with van der Waals surface area (Å²) in [5.41, 5.74) is 20.2. The third-order valence-electron chi connectivity index (χ3n) is 1.03. The SMILES string of the molecule is C[N+](C)=C(N)N.C[N+](C)=C(N)N.O.O=S(=O)([O-])[O-]. The molecule has 0 aliphatic carbocycles. The predicted molar refractivity (Wildman–Crippen MR) is 65.1 cm³/mol. The number of rotatable bonds is 0. The zero-order valence-electron chi connectivity index (χ0n) is 10.7. The van der Waals surface area contributed by atoms with Gasteiger partial charge < -0.3 is 14.6 Å². The van der Waals surface area contributed by atoms with Crippen LogP contribution in [-0.2, 0) is 10.4 Å². The van der Waals surface area contributed by atoms with Gasteiger partial charge in [0, 0.05) is 10.4 Å². The molecule has 0 aliphatic heterocycles. The van der Waals surface area contributed by atoms with Crippen LogP contribution in [0.2, 0.25) is 0 Å². The Labute approximate surface area is 106 Å². The van der Waals surface area contributed by atoms with Crippen LogP contribution in [0, 0.1) is 0 Å². The quantitative estimate of drug-likeness (QED) is 0.111. The minimum atomic E-state index is -5.17. The van der Waals surface area contributed by atoms with Gasteiger partial charge in [0.25, 0.3) is 0 Å². The molecule has 0 heterocycles. The van der Waals surface area contributed by atoms with E-state index in [1.165, 1.54) is 0 Å². The number of guanidine groups is 2. The van der Waals surface area contributed by atoms with E-state index in [2.05, 4.69) is 0 Å². The third kappa shape index (κ3) is 63.3. The summed E-state index contributed by atoms with van der Waals surface area (Å²) >= 11 is 0. The van der Waals surface area contributed by atoms with E-state index < -0.39 is 10.4 Å². The first kappa shape index (κ1) is 25.3. The van der Waals surface area contributed by atoms with Crippen LogP contribution in [0.4, 0.5) is 0 Å². The molecule has 0 spiro atoms. The molecule has 0 saturated heterocycles. The molecule has 18 heavy (non-hydrogen) atoms. The van der Waals surface area contributed by atoms with Crippen molar-refractivity contribution in [2.45, 2.75) is 0 Å². The van der Waals surface area contributed by atoms with Crippen molar-refractivity contribution in [2.24, 2.45) is 22.9 Å². The lowest BCUT2D eigenvalue weighted by atomic mass is 10.9. The molecule has 12 heteroatoms. The van der Waals surface area contributed by atoms with Crippen molar-refractivity contribution >= 4 is 22.3 Å². The fraction of sp³-hybridized carbons (Fsp3) is 0.667. The standard InChI is InChI=1S/2C3H9N3.H2O4S.H2O/c2*1-6(2)3(4)5;1-5(2,3)4;/h2*1-2H3,(H3,4,5);(H2,1,2,3,4);1H2. The van der Waals surface area contributed by atoms with E-state index >= 15 is 0 Å². The first-order valence-electron chi connectivity index (χ1n) is 4.06. The fourth-order valence-corrected chi connectivity index (χ4v) is 0. The van der Waals surface area contributed by atoms with Gasteiger partial charge in [-0.2, -0.15) is 0 Å². The summed E-state index contributed by atoms with van der Waals surface area (Å²) in [4.78, 5) is 0. The summed E-state index contributed by atoms with van der Waals surface area (Å²) in [5.74, 6) is 0.685. The van der Waals surface area contributed by atoms with Gasteiger partial charge in [0.15, 0.2) is 0 Å². The molecule has 11 nitrogen and oxygen atoms in total. The van der Waals surface area contributed by atoms with Crippen molar-refractivity contribution in [3.63, 3.8) is 0 Å². The Balaban J connectivity index is -0.0000000799. The predicted octanol–water partition coefficient (Wildman–Crippen LogP) is -5.10. The van der Waals surface area contributed by atoms with Gasteiger partial charge in [-0.05, 0) is 0 Å². The Morgan fingerprint density at radius 3 is 0.889 bits per heavy atom. The Hall–Kier alpha value is -1.63. The van der Waals surface area contributed by atoms with Crippen LogP contribution in [0.5, 0.6) is 0 Å². The molecule has 0 aliphatic rings. The van der Waals surface area contributed by atoms with Gasteiger partial charge in [0.1, 0.15) is 0 Å². The highest BCUT2D eigenvalue weighted by atomic mass is 32.3. The highest BCUT2D eigenvalue weighted by molar-refractivity contribution is 7.79. The average Bonchev–Trinajstić information content (AvgIpc) is 2.01. The topological polar surface area (TPSA) is 222 Å². The minimum Gasteiger partial charge on any atom is -0.759 e. The Bertz CT molecular complexity index is 310. The highest BCUT2D eigenvalue weighted by Gasteiger charge is 1.82. The molecule has 0 bridgehead atoms. The van der Waals surface area contributed by atoms with E-state index in [0.717, 1.165) is 0 Å².